The van der Waals surface area contributed by atoms with Gasteiger partial charge in [-0.2, -0.15) is 5.26 Å². The van der Waals surface area contributed by atoms with Crippen molar-refractivity contribution >= 4 is 11.8 Å². The topological polar surface area (TPSA) is 77.5 Å². The van der Waals surface area contributed by atoms with Gasteiger partial charge in [0.05, 0.1) is 17.9 Å². The molecule has 1 aromatic heterocycles. The highest BCUT2D eigenvalue weighted by molar-refractivity contribution is 5.95. The van der Waals surface area contributed by atoms with Crippen molar-refractivity contribution in [1.29, 1.82) is 5.26 Å². The largest absolute Gasteiger partial charge is 0.459 e. The maximum atomic E-state index is 12.8. The highest BCUT2D eigenvalue weighted by Crippen LogP contribution is 2.22. The summed E-state index contributed by atoms with van der Waals surface area (Å²) < 4.78 is 5.17. The Labute approximate surface area is 146 Å². The molecule has 0 unspecified atom stereocenters. The molecule has 6 heteroatoms. The predicted octanol–water partition coefficient (Wildman–Crippen LogP) is 2.41. The van der Waals surface area contributed by atoms with Crippen molar-refractivity contribution in [3.8, 4) is 6.07 Å². The van der Waals surface area contributed by atoms with Crippen LogP contribution in [0.4, 0.5) is 0 Å². The van der Waals surface area contributed by atoms with Crippen molar-refractivity contribution in [2.75, 3.05) is 13.6 Å². The molecule has 0 aliphatic carbocycles. The summed E-state index contributed by atoms with van der Waals surface area (Å²) in [6.07, 6.45) is 2.91. The number of rotatable bonds is 4. The lowest BCUT2D eigenvalue weighted by Gasteiger charge is -2.27. The summed E-state index contributed by atoms with van der Waals surface area (Å²) in [5.74, 6) is -0.0659. The molecule has 3 rings (SSSR count). The van der Waals surface area contributed by atoms with Gasteiger partial charge in [0.1, 0.15) is 6.04 Å². The summed E-state index contributed by atoms with van der Waals surface area (Å²) in [5, 5.41) is 8.84. The number of amides is 2. The van der Waals surface area contributed by atoms with Crippen molar-refractivity contribution in [2.45, 2.75) is 25.4 Å². The van der Waals surface area contributed by atoms with Crippen molar-refractivity contribution in [2.24, 2.45) is 0 Å². The highest BCUT2D eigenvalue weighted by atomic mass is 16.3. The molecule has 1 atom stereocenters. The predicted molar refractivity (Wildman–Crippen MR) is 90.4 cm³/mol. The SMILES string of the molecule is CN(Cc1ccc(C#N)cc1)C(=O)[C@H]1CCCN1C(=O)c1ccco1. The lowest BCUT2D eigenvalue weighted by Crippen LogP contribution is -2.46. The average molecular weight is 337 g/mol. The molecule has 2 amide bonds. The number of likely N-dealkylation sites (tertiary alicyclic amines) is 1. The summed E-state index contributed by atoms with van der Waals surface area (Å²) in [4.78, 5) is 28.5. The van der Waals surface area contributed by atoms with Crippen LogP contribution in [0.5, 0.6) is 0 Å². The van der Waals surface area contributed by atoms with Gasteiger partial charge in [0.15, 0.2) is 5.76 Å². The third-order valence-corrected chi connectivity index (χ3v) is 4.41. The Hall–Kier alpha value is -3.07. The molecule has 0 spiro atoms. The van der Waals surface area contributed by atoms with Gasteiger partial charge < -0.3 is 14.2 Å². The monoisotopic (exact) mass is 337 g/mol. The summed E-state index contributed by atoms with van der Waals surface area (Å²) in [6, 6.07) is 12.0. The Morgan fingerprint density at radius 2 is 2.08 bits per heavy atom. The molecule has 0 radical (unpaired) electrons. The molecule has 2 heterocycles. The maximum Gasteiger partial charge on any atom is 0.290 e. The fraction of sp³-hybridized carbons (Fsp3) is 0.316. The molecule has 1 fully saturated rings. The standard InChI is InChI=1S/C19H19N3O3/c1-21(13-15-8-6-14(12-20)7-9-15)18(23)16-4-2-10-22(16)19(24)17-5-3-11-25-17/h3,5-9,11,16H,2,4,10,13H2,1H3/t16-/m1/s1. The molecule has 2 aromatic rings. The Kier molecular flexibility index (Phi) is 4.85. The minimum absolute atomic E-state index is 0.0817. The number of furan rings is 1. The lowest BCUT2D eigenvalue weighted by molar-refractivity contribution is -0.134. The molecule has 0 saturated carbocycles. The third-order valence-electron chi connectivity index (χ3n) is 4.41. The molecule has 6 nitrogen and oxygen atoms in total. The molecule has 1 aliphatic rings. The first kappa shape index (κ1) is 16.8. The van der Waals surface area contributed by atoms with Crippen molar-refractivity contribution < 1.29 is 14.0 Å². The second-order valence-electron chi connectivity index (χ2n) is 6.14. The van der Waals surface area contributed by atoms with Crippen molar-refractivity contribution in [1.82, 2.24) is 9.80 Å². The van der Waals surface area contributed by atoms with Crippen molar-refractivity contribution in [3.63, 3.8) is 0 Å². The van der Waals surface area contributed by atoms with Gasteiger partial charge in [-0.05, 0) is 42.7 Å². The summed E-state index contributed by atoms with van der Waals surface area (Å²) in [5.41, 5.74) is 1.53. The van der Waals surface area contributed by atoms with E-state index in [4.69, 9.17) is 9.68 Å². The van der Waals surface area contributed by atoms with Gasteiger partial charge in [-0.25, -0.2) is 0 Å². The molecular weight excluding hydrogens is 318 g/mol. The molecular formula is C19H19N3O3. The van der Waals surface area contributed by atoms with Gasteiger partial charge in [0.25, 0.3) is 5.91 Å². The molecule has 0 N–H and O–H groups in total. The minimum Gasteiger partial charge on any atom is -0.459 e. The summed E-state index contributed by atoms with van der Waals surface area (Å²) in [7, 11) is 1.73. The maximum absolute atomic E-state index is 12.8. The minimum atomic E-state index is -0.457. The van der Waals surface area contributed by atoms with E-state index in [1.807, 2.05) is 12.1 Å². The third kappa shape index (κ3) is 3.56. The van der Waals surface area contributed by atoms with Crippen LogP contribution in [-0.2, 0) is 11.3 Å². The van der Waals surface area contributed by atoms with Crippen LogP contribution in [0.3, 0.4) is 0 Å². The zero-order valence-electron chi connectivity index (χ0n) is 14.0. The molecule has 1 saturated heterocycles. The quantitative estimate of drug-likeness (QED) is 0.858. The van der Waals surface area contributed by atoms with Crippen LogP contribution in [0.2, 0.25) is 0 Å². The highest BCUT2D eigenvalue weighted by Gasteiger charge is 2.36. The van der Waals surface area contributed by atoms with Crippen LogP contribution in [0, 0.1) is 11.3 Å². The van der Waals surface area contributed by atoms with Crippen LogP contribution < -0.4 is 0 Å². The van der Waals surface area contributed by atoms with E-state index in [1.165, 1.54) is 6.26 Å². The normalized spacial score (nSPS) is 16.5. The Morgan fingerprint density at radius 3 is 2.72 bits per heavy atom. The number of nitriles is 1. The molecule has 1 aliphatic heterocycles. The number of hydrogen-bond donors (Lipinski definition) is 0. The van der Waals surface area contributed by atoms with Crippen LogP contribution >= 0.6 is 0 Å². The first-order valence-electron chi connectivity index (χ1n) is 8.18. The van der Waals surface area contributed by atoms with E-state index in [9.17, 15) is 9.59 Å². The number of carbonyl (C=O) groups is 2. The van der Waals surface area contributed by atoms with Gasteiger partial charge in [-0.1, -0.05) is 12.1 Å². The summed E-state index contributed by atoms with van der Waals surface area (Å²) >= 11 is 0. The van der Waals surface area contributed by atoms with Crippen LogP contribution in [0.15, 0.2) is 47.1 Å². The number of nitrogens with zero attached hydrogens (tertiary/aromatic N) is 3. The molecule has 128 valence electrons. The average Bonchev–Trinajstić information content (AvgIpc) is 3.32. The van der Waals surface area contributed by atoms with E-state index in [-0.39, 0.29) is 17.6 Å². The number of carbonyl (C=O) groups excluding carboxylic acids is 2. The number of likely N-dealkylation sites (N-methyl/N-ethyl adjacent to an activating group) is 1. The second kappa shape index (κ2) is 7.22. The first-order chi connectivity index (χ1) is 12.1. The summed E-state index contributed by atoms with van der Waals surface area (Å²) in [6.45, 7) is 0.991. The molecule has 1 aromatic carbocycles. The van der Waals surface area contributed by atoms with E-state index < -0.39 is 6.04 Å². The van der Waals surface area contributed by atoms with E-state index in [0.717, 1.165) is 12.0 Å². The Morgan fingerprint density at radius 1 is 1.32 bits per heavy atom. The van der Waals surface area contributed by atoms with E-state index in [2.05, 4.69) is 6.07 Å². The zero-order chi connectivity index (χ0) is 17.8. The molecule has 0 bridgehead atoms. The number of benzene rings is 1. The van der Waals surface area contributed by atoms with Crippen LogP contribution in [-0.4, -0.2) is 41.2 Å². The fourth-order valence-corrected chi connectivity index (χ4v) is 3.10. The van der Waals surface area contributed by atoms with Gasteiger partial charge in [-0.15, -0.1) is 0 Å². The Balaban J connectivity index is 1.68. The van der Waals surface area contributed by atoms with E-state index in [1.54, 1.807) is 41.1 Å². The van der Waals surface area contributed by atoms with Gasteiger partial charge >= 0.3 is 0 Å². The Bertz CT molecular complexity index is 790. The van der Waals surface area contributed by atoms with Gasteiger partial charge in [0, 0.05) is 20.1 Å². The van der Waals surface area contributed by atoms with E-state index >= 15 is 0 Å². The first-order valence-corrected chi connectivity index (χ1v) is 8.18. The van der Waals surface area contributed by atoms with Gasteiger partial charge in [-0.3, -0.25) is 9.59 Å². The molecule has 25 heavy (non-hydrogen) atoms. The van der Waals surface area contributed by atoms with Gasteiger partial charge in [0.2, 0.25) is 5.91 Å². The van der Waals surface area contributed by atoms with Crippen LogP contribution in [0.25, 0.3) is 0 Å². The zero-order valence-corrected chi connectivity index (χ0v) is 14.0. The lowest BCUT2D eigenvalue weighted by atomic mass is 10.1. The smallest absolute Gasteiger partial charge is 0.290 e. The second-order valence-corrected chi connectivity index (χ2v) is 6.14. The fourth-order valence-electron chi connectivity index (χ4n) is 3.10. The van der Waals surface area contributed by atoms with Crippen LogP contribution in [0.1, 0.15) is 34.5 Å². The van der Waals surface area contributed by atoms with Crippen molar-refractivity contribution in [3.05, 3.63) is 59.5 Å². The number of hydrogen-bond acceptors (Lipinski definition) is 4. The van der Waals surface area contributed by atoms with E-state index in [0.29, 0.717) is 25.1 Å².